The number of hydrogen-bond donors (Lipinski definition) is 1. The van der Waals surface area contributed by atoms with E-state index in [4.69, 9.17) is 4.98 Å². The quantitative estimate of drug-likeness (QED) is 0.522. The zero-order valence-corrected chi connectivity index (χ0v) is 17.2. The predicted molar refractivity (Wildman–Crippen MR) is 111 cm³/mol. The van der Waals surface area contributed by atoms with Crippen LogP contribution in [0.1, 0.15) is 23.2 Å². The van der Waals surface area contributed by atoms with Crippen LogP contribution in [0.25, 0.3) is 16.2 Å². The van der Waals surface area contributed by atoms with Crippen LogP contribution in [-0.2, 0) is 23.0 Å². The molecule has 0 fully saturated rings. The fourth-order valence-electron chi connectivity index (χ4n) is 2.92. The molecule has 1 N–H and O–H groups in total. The van der Waals surface area contributed by atoms with E-state index in [1.54, 1.807) is 28.8 Å². The molecule has 8 heteroatoms. The van der Waals surface area contributed by atoms with Crippen molar-refractivity contribution in [2.24, 2.45) is 0 Å². The van der Waals surface area contributed by atoms with E-state index in [-0.39, 0.29) is 11.4 Å². The molecule has 28 heavy (non-hydrogen) atoms. The van der Waals surface area contributed by atoms with Crippen molar-refractivity contribution >= 4 is 26.3 Å². The van der Waals surface area contributed by atoms with Crippen molar-refractivity contribution in [2.75, 3.05) is 0 Å². The second-order valence-electron chi connectivity index (χ2n) is 6.45. The van der Waals surface area contributed by atoms with Gasteiger partial charge < -0.3 is 0 Å². The second-order valence-corrected chi connectivity index (χ2v) is 9.26. The monoisotopic (exact) mass is 412 g/mol. The van der Waals surface area contributed by atoms with Gasteiger partial charge in [0, 0.05) is 5.56 Å². The number of aromatic nitrogens is 3. The molecule has 0 bridgehead atoms. The summed E-state index contributed by atoms with van der Waals surface area (Å²) in [7, 11) is -3.63. The van der Waals surface area contributed by atoms with Gasteiger partial charge in [0.25, 0.3) is 0 Å². The van der Waals surface area contributed by atoms with Crippen molar-refractivity contribution in [3.05, 3.63) is 70.9 Å². The van der Waals surface area contributed by atoms with Gasteiger partial charge in [-0.25, -0.2) is 22.6 Å². The number of hydrogen-bond acceptors (Lipinski definition) is 5. The van der Waals surface area contributed by atoms with Gasteiger partial charge in [0.15, 0.2) is 0 Å². The highest BCUT2D eigenvalue weighted by Gasteiger charge is 2.20. The van der Waals surface area contributed by atoms with Crippen LogP contribution in [0.4, 0.5) is 0 Å². The van der Waals surface area contributed by atoms with Crippen LogP contribution in [0, 0.1) is 6.92 Å². The summed E-state index contributed by atoms with van der Waals surface area (Å²) in [6.07, 6.45) is 0.809. The van der Waals surface area contributed by atoms with Crippen molar-refractivity contribution in [3.8, 4) is 11.3 Å². The molecule has 0 aliphatic heterocycles. The van der Waals surface area contributed by atoms with Crippen LogP contribution in [0.3, 0.4) is 0 Å². The lowest BCUT2D eigenvalue weighted by molar-refractivity contribution is 0.579. The Labute approximate surface area is 167 Å². The third-order valence-corrected chi connectivity index (χ3v) is 6.92. The van der Waals surface area contributed by atoms with E-state index >= 15 is 0 Å². The average molecular weight is 413 g/mol. The minimum Gasteiger partial charge on any atom is -0.217 e. The molecule has 4 rings (SSSR count). The molecule has 0 radical (unpaired) electrons. The van der Waals surface area contributed by atoms with Gasteiger partial charge >= 0.3 is 0 Å². The average Bonchev–Trinajstić information content (AvgIpc) is 3.25. The van der Waals surface area contributed by atoms with E-state index in [0.29, 0.717) is 0 Å². The van der Waals surface area contributed by atoms with Crippen molar-refractivity contribution in [2.45, 2.75) is 31.7 Å². The first kappa shape index (κ1) is 18.8. The van der Waals surface area contributed by atoms with Crippen molar-refractivity contribution in [1.29, 1.82) is 0 Å². The molecule has 0 spiro atoms. The Bertz CT molecular complexity index is 1210. The van der Waals surface area contributed by atoms with Gasteiger partial charge in [-0.2, -0.15) is 5.10 Å². The SMILES string of the molecule is CCc1nn2c(CNS(=O)(=O)c3ccc(C)cc3)c(-c3ccccc3)nc2s1. The molecule has 4 aromatic rings. The Balaban J connectivity index is 1.72. The molecule has 0 saturated heterocycles. The number of nitrogens with one attached hydrogen (secondary N) is 1. The Kier molecular flexibility index (Phi) is 5.01. The smallest absolute Gasteiger partial charge is 0.217 e. The molecule has 0 unspecified atom stereocenters. The normalized spacial score (nSPS) is 11.9. The van der Waals surface area contributed by atoms with Gasteiger partial charge in [-0.15, -0.1) is 0 Å². The molecule has 0 aliphatic carbocycles. The number of imidazole rings is 1. The first-order chi connectivity index (χ1) is 13.5. The minimum atomic E-state index is -3.63. The molecule has 0 saturated carbocycles. The number of sulfonamides is 1. The van der Waals surface area contributed by atoms with Crippen LogP contribution < -0.4 is 4.72 Å². The summed E-state index contributed by atoms with van der Waals surface area (Å²) in [4.78, 5) is 5.73. The highest BCUT2D eigenvalue weighted by atomic mass is 32.2. The molecule has 0 amide bonds. The third-order valence-electron chi connectivity index (χ3n) is 4.45. The van der Waals surface area contributed by atoms with Crippen molar-refractivity contribution in [1.82, 2.24) is 19.3 Å². The van der Waals surface area contributed by atoms with E-state index in [9.17, 15) is 8.42 Å². The summed E-state index contributed by atoms with van der Waals surface area (Å²) in [6.45, 7) is 4.07. The van der Waals surface area contributed by atoms with Gasteiger partial charge in [0.2, 0.25) is 15.0 Å². The molecule has 0 atom stereocenters. The standard InChI is InChI=1S/C20H20N4O2S2/c1-3-18-23-24-17(13-21-28(25,26)16-11-9-14(2)10-12-16)19(22-20(24)27-18)15-7-5-4-6-8-15/h4-12,21H,3,13H2,1-2H3. The predicted octanol–water partition coefficient (Wildman–Crippen LogP) is 3.81. The number of rotatable bonds is 6. The molecule has 2 aromatic carbocycles. The van der Waals surface area contributed by atoms with Gasteiger partial charge in [-0.3, -0.25) is 0 Å². The summed E-state index contributed by atoms with van der Waals surface area (Å²) >= 11 is 1.52. The topological polar surface area (TPSA) is 76.4 Å². The number of benzene rings is 2. The Hall–Kier alpha value is -2.55. The van der Waals surface area contributed by atoms with Gasteiger partial charge in [-0.1, -0.05) is 66.3 Å². The van der Waals surface area contributed by atoms with Crippen LogP contribution in [-0.4, -0.2) is 23.0 Å². The summed E-state index contributed by atoms with van der Waals surface area (Å²) in [5.74, 6) is 0. The maximum absolute atomic E-state index is 12.7. The van der Waals surface area contributed by atoms with E-state index in [1.165, 1.54) is 11.3 Å². The zero-order valence-electron chi connectivity index (χ0n) is 15.6. The largest absolute Gasteiger partial charge is 0.240 e. The Morgan fingerprint density at radius 1 is 1.07 bits per heavy atom. The lowest BCUT2D eigenvalue weighted by Crippen LogP contribution is -2.24. The lowest BCUT2D eigenvalue weighted by atomic mass is 10.1. The summed E-state index contributed by atoms with van der Waals surface area (Å²) < 4.78 is 29.9. The molecule has 2 aromatic heterocycles. The maximum Gasteiger partial charge on any atom is 0.240 e. The van der Waals surface area contributed by atoms with Crippen molar-refractivity contribution in [3.63, 3.8) is 0 Å². The molecule has 6 nitrogen and oxygen atoms in total. The maximum atomic E-state index is 12.7. The van der Waals surface area contributed by atoms with E-state index in [2.05, 4.69) is 9.82 Å². The summed E-state index contributed by atoms with van der Waals surface area (Å²) in [5, 5.41) is 5.56. The highest BCUT2D eigenvalue weighted by Crippen LogP contribution is 2.27. The van der Waals surface area contributed by atoms with E-state index in [1.807, 2.05) is 44.2 Å². The zero-order chi connectivity index (χ0) is 19.7. The van der Waals surface area contributed by atoms with Crippen molar-refractivity contribution < 1.29 is 8.42 Å². The fraction of sp³-hybridized carbons (Fsp3) is 0.200. The first-order valence-corrected chi connectivity index (χ1v) is 11.3. The van der Waals surface area contributed by atoms with Crippen LogP contribution in [0.15, 0.2) is 59.5 Å². The molecule has 144 valence electrons. The molecule has 2 heterocycles. The van der Waals surface area contributed by atoms with Gasteiger partial charge in [0.1, 0.15) is 5.01 Å². The number of fused-ring (bicyclic) bond motifs is 1. The van der Waals surface area contributed by atoms with E-state index < -0.39 is 10.0 Å². The van der Waals surface area contributed by atoms with Gasteiger partial charge in [-0.05, 0) is 25.5 Å². The highest BCUT2D eigenvalue weighted by molar-refractivity contribution is 7.89. The lowest BCUT2D eigenvalue weighted by Gasteiger charge is -2.08. The van der Waals surface area contributed by atoms with E-state index in [0.717, 1.165) is 38.9 Å². The Morgan fingerprint density at radius 3 is 2.46 bits per heavy atom. The fourth-order valence-corrected chi connectivity index (χ4v) is 4.76. The van der Waals surface area contributed by atoms with Crippen LogP contribution in [0.2, 0.25) is 0 Å². The molecular weight excluding hydrogens is 392 g/mol. The summed E-state index contributed by atoms with van der Waals surface area (Å²) in [6, 6.07) is 16.5. The number of aryl methyl sites for hydroxylation is 2. The minimum absolute atomic E-state index is 0.106. The third kappa shape index (κ3) is 3.58. The Morgan fingerprint density at radius 2 is 1.79 bits per heavy atom. The number of nitrogens with zero attached hydrogens (tertiary/aromatic N) is 3. The second kappa shape index (κ2) is 7.46. The van der Waals surface area contributed by atoms with Gasteiger partial charge in [0.05, 0.1) is 22.8 Å². The molecular formula is C20H20N4O2S2. The van der Waals surface area contributed by atoms with Crippen LogP contribution >= 0.6 is 11.3 Å². The first-order valence-electron chi connectivity index (χ1n) is 8.97. The summed E-state index contributed by atoms with van der Waals surface area (Å²) in [5.41, 5.74) is 3.42. The molecule has 0 aliphatic rings. The van der Waals surface area contributed by atoms with Crippen LogP contribution in [0.5, 0.6) is 0 Å².